The van der Waals surface area contributed by atoms with Crippen LogP contribution in [0.15, 0.2) is 61.1 Å². The normalized spacial score (nSPS) is 11.2. The van der Waals surface area contributed by atoms with Crippen LogP contribution in [0.2, 0.25) is 0 Å². The molecule has 0 aliphatic carbocycles. The van der Waals surface area contributed by atoms with Gasteiger partial charge in [0, 0.05) is 30.1 Å². The zero-order chi connectivity index (χ0) is 24.7. The van der Waals surface area contributed by atoms with Crippen molar-refractivity contribution in [1.82, 2.24) is 24.4 Å². The molecule has 1 N–H and O–H groups in total. The molecular formula is C24H16F4N6O. The molecule has 0 aliphatic rings. The predicted octanol–water partition coefficient (Wildman–Crippen LogP) is 4.76. The van der Waals surface area contributed by atoms with Gasteiger partial charge in [-0.1, -0.05) is 29.8 Å². The van der Waals surface area contributed by atoms with Crippen LogP contribution in [0.1, 0.15) is 21.5 Å². The molecule has 0 aliphatic heterocycles. The number of nitrogens with one attached hydrogen (secondary N) is 1. The van der Waals surface area contributed by atoms with E-state index in [2.05, 4.69) is 20.5 Å². The van der Waals surface area contributed by atoms with Crippen molar-refractivity contribution in [3.8, 4) is 11.3 Å². The molecule has 0 atom stereocenters. The van der Waals surface area contributed by atoms with E-state index >= 15 is 0 Å². The van der Waals surface area contributed by atoms with Crippen LogP contribution in [0, 0.1) is 30.2 Å². The van der Waals surface area contributed by atoms with Gasteiger partial charge in [0.2, 0.25) is 0 Å². The quantitative estimate of drug-likeness (QED) is 0.291. The second-order valence-corrected chi connectivity index (χ2v) is 7.79. The van der Waals surface area contributed by atoms with Gasteiger partial charge in [-0.25, -0.2) is 27.1 Å². The molecule has 5 aromatic rings. The van der Waals surface area contributed by atoms with Crippen LogP contribution in [0.4, 0.5) is 23.4 Å². The lowest BCUT2D eigenvalue weighted by atomic mass is 10.1. The number of aromatic nitrogens is 5. The van der Waals surface area contributed by atoms with Gasteiger partial charge in [-0.15, -0.1) is 0 Å². The molecule has 0 bridgehead atoms. The summed E-state index contributed by atoms with van der Waals surface area (Å²) in [6.07, 6.45) is 4.24. The Hall–Kier alpha value is -4.54. The van der Waals surface area contributed by atoms with Gasteiger partial charge in [0.05, 0.1) is 24.0 Å². The van der Waals surface area contributed by atoms with Crippen LogP contribution in [0.25, 0.3) is 16.9 Å². The first kappa shape index (κ1) is 22.3. The number of halogens is 4. The van der Waals surface area contributed by atoms with Crippen molar-refractivity contribution in [1.29, 1.82) is 0 Å². The molecule has 11 heteroatoms. The number of anilines is 1. The van der Waals surface area contributed by atoms with Gasteiger partial charge in [0.25, 0.3) is 5.91 Å². The van der Waals surface area contributed by atoms with E-state index in [4.69, 9.17) is 0 Å². The summed E-state index contributed by atoms with van der Waals surface area (Å²) in [5, 5.41) is 10.9. The molecule has 0 saturated carbocycles. The first-order chi connectivity index (χ1) is 16.8. The first-order valence-corrected chi connectivity index (χ1v) is 10.4. The third-order valence-electron chi connectivity index (χ3n) is 5.40. The zero-order valence-electron chi connectivity index (χ0n) is 18.1. The minimum atomic E-state index is -1.51. The second kappa shape index (κ2) is 8.67. The number of hydrogen-bond donors (Lipinski definition) is 1. The minimum absolute atomic E-state index is 0.0572. The van der Waals surface area contributed by atoms with Gasteiger partial charge >= 0.3 is 0 Å². The molecule has 3 heterocycles. The lowest BCUT2D eigenvalue weighted by Crippen LogP contribution is -2.14. The van der Waals surface area contributed by atoms with E-state index < -0.39 is 41.3 Å². The fourth-order valence-corrected chi connectivity index (χ4v) is 3.62. The van der Waals surface area contributed by atoms with E-state index in [-0.39, 0.29) is 17.4 Å². The summed E-state index contributed by atoms with van der Waals surface area (Å²) in [7, 11) is 0. The van der Waals surface area contributed by atoms with Crippen LogP contribution in [0.3, 0.4) is 0 Å². The molecule has 0 radical (unpaired) electrons. The molecule has 0 spiro atoms. The Morgan fingerprint density at radius 2 is 1.71 bits per heavy atom. The Bertz CT molecular complexity index is 1550. The fraction of sp³-hybridized carbons (Fsp3) is 0.0833. The first-order valence-electron chi connectivity index (χ1n) is 10.4. The lowest BCUT2D eigenvalue weighted by Gasteiger charge is -2.07. The lowest BCUT2D eigenvalue weighted by molar-refractivity contribution is 0.102. The molecule has 0 fully saturated rings. The standard InChI is InChI=1S/C24H16F4N6O/c1-13-2-4-14(5-3-13)19-6-8-29-23-15(11-30-34(19)23)24(35)31-20-7-9-33(32-20)12-16-21(27)17(25)10-18(26)22(16)28/h2-11H,12H2,1H3,(H,31,32,35). The van der Waals surface area contributed by atoms with Gasteiger partial charge < -0.3 is 5.32 Å². The van der Waals surface area contributed by atoms with Crippen molar-refractivity contribution in [3.05, 3.63) is 101 Å². The minimum Gasteiger partial charge on any atom is -0.305 e. The van der Waals surface area contributed by atoms with E-state index in [9.17, 15) is 22.4 Å². The number of fused-ring (bicyclic) bond motifs is 1. The van der Waals surface area contributed by atoms with Crippen LogP contribution in [-0.4, -0.2) is 30.3 Å². The molecule has 0 saturated heterocycles. The highest BCUT2D eigenvalue weighted by molar-refractivity contribution is 6.07. The van der Waals surface area contributed by atoms with E-state index in [1.54, 1.807) is 16.8 Å². The Morgan fingerprint density at radius 1 is 1.00 bits per heavy atom. The number of benzene rings is 2. The highest BCUT2D eigenvalue weighted by atomic mass is 19.2. The third-order valence-corrected chi connectivity index (χ3v) is 5.40. The Morgan fingerprint density at radius 3 is 2.43 bits per heavy atom. The molecule has 3 aromatic heterocycles. The van der Waals surface area contributed by atoms with Crippen molar-refractivity contribution < 1.29 is 22.4 Å². The number of nitrogens with zero attached hydrogens (tertiary/aromatic N) is 5. The van der Waals surface area contributed by atoms with Crippen LogP contribution in [-0.2, 0) is 6.54 Å². The monoisotopic (exact) mass is 480 g/mol. The topological polar surface area (TPSA) is 77.1 Å². The Labute approximate surface area is 195 Å². The summed E-state index contributed by atoms with van der Waals surface area (Å²) >= 11 is 0. The summed E-state index contributed by atoms with van der Waals surface area (Å²) in [4.78, 5) is 17.1. The fourth-order valence-electron chi connectivity index (χ4n) is 3.62. The third kappa shape index (κ3) is 4.12. The summed E-state index contributed by atoms with van der Waals surface area (Å²) in [6.45, 7) is 1.40. The smallest absolute Gasteiger partial charge is 0.262 e. The average molecular weight is 480 g/mol. The molecule has 2 aromatic carbocycles. The Balaban J connectivity index is 1.38. The largest absolute Gasteiger partial charge is 0.305 e. The van der Waals surface area contributed by atoms with E-state index in [0.29, 0.717) is 5.65 Å². The molecular weight excluding hydrogens is 464 g/mol. The molecule has 7 nitrogen and oxygen atoms in total. The molecule has 5 rings (SSSR count). The van der Waals surface area contributed by atoms with Gasteiger partial charge in [0.15, 0.2) is 34.7 Å². The maximum Gasteiger partial charge on any atom is 0.262 e. The maximum absolute atomic E-state index is 13.9. The Kier molecular flexibility index (Phi) is 5.51. The van der Waals surface area contributed by atoms with Crippen molar-refractivity contribution in [2.45, 2.75) is 13.5 Å². The van der Waals surface area contributed by atoms with Crippen LogP contribution < -0.4 is 5.32 Å². The van der Waals surface area contributed by atoms with Crippen LogP contribution in [0.5, 0.6) is 0 Å². The van der Waals surface area contributed by atoms with E-state index in [0.717, 1.165) is 21.5 Å². The number of amides is 1. The predicted molar refractivity (Wildman–Crippen MR) is 119 cm³/mol. The van der Waals surface area contributed by atoms with Gasteiger partial charge in [-0.2, -0.15) is 10.2 Å². The highest BCUT2D eigenvalue weighted by Crippen LogP contribution is 2.23. The van der Waals surface area contributed by atoms with Gasteiger partial charge in [0.1, 0.15) is 5.56 Å². The number of aryl methyl sites for hydroxylation is 1. The SMILES string of the molecule is Cc1ccc(-c2ccnc3c(C(=O)Nc4ccn(Cc5c(F)c(F)cc(F)c5F)n4)cnn23)cc1. The molecule has 1 amide bonds. The van der Waals surface area contributed by atoms with E-state index in [1.807, 2.05) is 31.2 Å². The maximum atomic E-state index is 13.9. The van der Waals surface area contributed by atoms with Crippen molar-refractivity contribution in [2.24, 2.45) is 0 Å². The van der Waals surface area contributed by atoms with Gasteiger partial charge in [-0.3, -0.25) is 9.48 Å². The molecule has 176 valence electrons. The van der Waals surface area contributed by atoms with Crippen molar-refractivity contribution in [3.63, 3.8) is 0 Å². The average Bonchev–Trinajstić information content (AvgIpc) is 3.48. The van der Waals surface area contributed by atoms with E-state index in [1.165, 1.54) is 18.5 Å². The summed E-state index contributed by atoms with van der Waals surface area (Å²) in [5.41, 5.74) is 2.41. The second-order valence-electron chi connectivity index (χ2n) is 7.79. The molecule has 0 unspecified atom stereocenters. The van der Waals surface area contributed by atoms with Crippen molar-refractivity contribution in [2.75, 3.05) is 5.32 Å². The summed E-state index contributed by atoms with van der Waals surface area (Å²) in [6, 6.07) is 11.1. The summed E-state index contributed by atoms with van der Waals surface area (Å²) in [5.74, 6) is -6.54. The van der Waals surface area contributed by atoms with Crippen molar-refractivity contribution >= 4 is 17.4 Å². The highest BCUT2D eigenvalue weighted by Gasteiger charge is 2.21. The summed E-state index contributed by atoms with van der Waals surface area (Å²) < 4.78 is 57.4. The van der Waals surface area contributed by atoms with Gasteiger partial charge in [-0.05, 0) is 13.0 Å². The van der Waals surface area contributed by atoms with Crippen LogP contribution >= 0.6 is 0 Å². The number of carbonyl (C=O) groups excluding carboxylic acids is 1. The molecule has 35 heavy (non-hydrogen) atoms. The number of hydrogen-bond acceptors (Lipinski definition) is 4. The number of carbonyl (C=O) groups is 1. The zero-order valence-corrected chi connectivity index (χ0v) is 18.1. The number of rotatable bonds is 5.